The molecule has 0 saturated carbocycles. The van der Waals surface area contributed by atoms with E-state index in [2.05, 4.69) is 13.6 Å². The molecule has 0 amide bonds. The van der Waals surface area contributed by atoms with Crippen molar-refractivity contribution in [3.05, 3.63) is 13.6 Å². The van der Waals surface area contributed by atoms with E-state index in [1.807, 2.05) is 0 Å². The zero-order chi connectivity index (χ0) is 5.58. The SMILES string of the molecule is [CH2-]C.[CH2-][P+](=O)O.[Mg+2]. The van der Waals surface area contributed by atoms with Crippen molar-refractivity contribution >= 4 is 31.1 Å². The molecule has 0 aromatic heterocycles. The Morgan fingerprint density at radius 2 is 1.57 bits per heavy atom. The van der Waals surface area contributed by atoms with Gasteiger partial charge < -0.3 is 6.92 Å². The molecule has 7 heavy (non-hydrogen) atoms. The van der Waals surface area contributed by atoms with Gasteiger partial charge in [-0.3, -0.25) is 0 Å². The van der Waals surface area contributed by atoms with E-state index < -0.39 is 8.03 Å². The quantitative estimate of drug-likeness (QED) is 0.302. The molecule has 4 heteroatoms. The van der Waals surface area contributed by atoms with E-state index in [-0.39, 0.29) is 23.1 Å². The van der Waals surface area contributed by atoms with Crippen LogP contribution in [0.25, 0.3) is 0 Å². The maximum absolute atomic E-state index is 9.04. The molecule has 2 nitrogen and oxygen atoms in total. The van der Waals surface area contributed by atoms with E-state index in [1.165, 1.54) is 0 Å². The van der Waals surface area contributed by atoms with E-state index in [9.17, 15) is 0 Å². The summed E-state index contributed by atoms with van der Waals surface area (Å²) < 4.78 is 9.04. The Kier molecular flexibility index (Phi) is 35.4. The first-order valence-electron chi connectivity index (χ1n) is 1.41. The molecule has 0 aliphatic rings. The van der Waals surface area contributed by atoms with Gasteiger partial charge in [-0.1, -0.05) is 11.2 Å². The van der Waals surface area contributed by atoms with Crippen LogP contribution in [0.1, 0.15) is 6.92 Å². The van der Waals surface area contributed by atoms with Gasteiger partial charge in [0.1, 0.15) is 0 Å². The van der Waals surface area contributed by atoms with Crippen LogP contribution in [0.15, 0.2) is 0 Å². The molecular formula is C3H8MgO2P+. The molecule has 0 aromatic carbocycles. The van der Waals surface area contributed by atoms with Gasteiger partial charge in [0.25, 0.3) is 0 Å². The molecule has 0 aliphatic heterocycles. The number of hydrogen-bond acceptors (Lipinski definition) is 1. The van der Waals surface area contributed by atoms with Gasteiger partial charge in [-0.15, -0.1) is 0 Å². The summed E-state index contributed by atoms with van der Waals surface area (Å²) in [5, 5.41) is 0. The van der Waals surface area contributed by atoms with Crippen molar-refractivity contribution in [1.29, 1.82) is 0 Å². The predicted octanol–water partition coefficient (Wildman–Crippen LogP) is 0.972. The number of rotatable bonds is 0. The first kappa shape index (κ1) is 15.7. The summed E-state index contributed by atoms with van der Waals surface area (Å²) in [7, 11) is -2.12. The van der Waals surface area contributed by atoms with Crippen LogP contribution in [0.2, 0.25) is 0 Å². The third-order valence-electron chi connectivity index (χ3n) is 0. The van der Waals surface area contributed by atoms with E-state index >= 15 is 0 Å². The van der Waals surface area contributed by atoms with Crippen LogP contribution in [0, 0.1) is 13.6 Å². The van der Waals surface area contributed by atoms with Gasteiger partial charge in [-0.05, 0) is 0 Å². The Bertz CT molecular complexity index is 35.9. The fraction of sp³-hybridized carbons (Fsp3) is 0.333. The van der Waals surface area contributed by atoms with Crippen LogP contribution in [0.3, 0.4) is 0 Å². The van der Waals surface area contributed by atoms with Crippen molar-refractivity contribution in [1.82, 2.24) is 0 Å². The molecule has 0 aliphatic carbocycles. The molecular weight excluding hydrogens is 123 g/mol. The molecule has 38 valence electrons. The Balaban J connectivity index is -0.0000000480. The minimum absolute atomic E-state index is 0. The Labute approximate surface area is 61.3 Å². The molecule has 0 spiro atoms. The molecule has 0 aromatic rings. The van der Waals surface area contributed by atoms with Gasteiger partial charge in [-0.2, -0.15) is 11.8 Å². The van der Waals surface area contributed by atoms with Crippen molar-refractivity contribution in [2.75, 3.05) is 0 Å². The summed E-state index contributed by atoms with van der Waals surface area (Å²) in [5.41, 5.74) is 0. The molecule has 0 fully saturated rings. The normalized spacial score (nSPS) is 7.14. The van der Waals surface area contributed by atoms with Crippen molar-refractivity contribution in [2.24, 2.45) is 0 Å². The van der Waals surface area contributed by atoms with Crippen molar-refractivity contribution < 1.29 is 9.46 Å². The summed E-state index contributed by atoms with van der Waals surface area (Å²) in [6, 6.07) is 0. The average molecular weight is 131 g/mol. The van der Waals surface area contributed by atoms with Crippen LogP contribution in [-0.2, 0) is 4.57 Å². The summed E-state index contributed by atoms with van der Waals surface area (Å²) >= 11 is 0. The van der Waals surface area contributed by atoms with Gasteiger partial charge in [-0.25, -0.2) is 0 Å². The molecule has 0 radical (unpaired) electrons. The maximum atomic E-state index is 9.04. The van der Waals surface area contributed by atoms with E-state index in [0.717, 1.165) is 0 Å². The average Bonchev–Trinajstić information content (AvgIpc) is 1.41. The smallest absolute Gasteiger partial charge is 0.346 e. The largest absolute Gasteiger partial charge is 2.00 e. The zero-order valence-corrected chi connectivity index (χ0v) is 6.73. The summed E-state index contributed by atoms with van der Waals surface area (Å²) in [6.45, 7) is 7.70. The molecule has 0 bridgehead atoms. The number of hydrogen-bond donors (Lipinski definition) is 1. The molecule has 0 saturated heterocycles. The summed E-state index contributed by atoms with van der Waals surface area (Å²) in [5.74, 6) is 0. The molecule has 0 heterocycles. The molecule has 1 N–H and O–H groups in total. The van der Waals surface area contributed by atoms with Gasteiger partial charge >= 0.3 is 31.1 Å². The van der Waals surface area contributed by atoms with Gasteiger partial charge in [0.15, 0.2) is 0 Å². The van der Waals surface area contributed by atoms with Crippen LogP contribution < -0.4 is 0 Å². The topological polar surface area (TPSA) is 37.3 Å². The van der Waals surface area contributed by atoms with E-state index in [0.29, 0.717) is 0 Å². The first-order chi connectivity index (χ1) is 2.73. The van der Waals surface area contributed by atoms with Gasteiger partial charge in [0, 0.05) is 0 Å². The Morgan fingerprint density at radius 1 is 1.57 bits per heavy atom. The first-order valence-corrected chi connectivity index (χ1v) is 2.80. The second-order valence-corrected chi connectivity index (χ2v) is 1.06. The molecule has 1 unspecified atom stereocenters. The minimum Gasteiger partial charge on any atom is -0.346 e. The van der Waals surface area contributed by atoms with Crippen LogP contribution in [0.4, 0.5) is 0 Å². The van der Waals surface area contributed by atoms with Crippen molar-refractivity contribution in [2.45, 2.75) is 6.92 Å². The van der Waals surface area contributed by atoms with E-state index in [1.54, 1.807) is 6.92 Å². The predicted molar refractivity (Wildman–Crippen MR) is 32.0 cm³/mol. The van der Waals surface area contributed by atoms with Crippen LogP contribution in [-0.4, -0.2) is 27.9 Å². The molecule has 1 atom stereocenters. The third-order valence-corrected chi connectivity index (χ3v) is 0. The fourth-order valence-corrected chi connectivity index (χ4v) is 0. The maximum Gasteiger partial charge on any atom is 2.00 e. The van der Waals surface area contributed by atoms with Gasteiger partial charge in [0.2, 0.25) is 0 Å². The summed E-state index contributed by atoms with van der Waals surface area (Å²) in [4.78, 5) is 7.45. The van der Waals surface area contributed by atoms with E-state index in [4.69, 9.17) is 9.46 Å². The van der Waals surface area contributed by atoms with Crippen LogP contribution >= 0.6 is 8.03 Å². The second kappa shape index (κ2) is 15.8. The zero-order valence-electron chi connectivity index (χ0n) is 4.42. The second-order valence-electron chi connectivity index (χ2n) is 0.352. The van der Waals surface area contributed by atoms with Crippen LogP contribution in [0.5, 0.6) is 0 Å². The molecule has 0 rings (SSSR count). The van der Waals surface area contributed by atoms with Crippen molar-refractivity contribution in [3.63, 3.8) is 0 Å². The van der Waals surface area contributed by atoms with Gasteiger partial charge in [0.05, 0.1) is 0 Å². The van der Waals surface area contributed by atoms with Crippen molar-refractivity contribution in [3.8, 4) is 0 Å². The Hall–Kier alpha value is 0.826. The monoisotopic (exact) mass is 131 g/mol. The third kappa shape index (κ3) is 233. The fourth-order valence-electron chi connectivity index (χ4n) is 0. The minimum atomic E-state index is -2.12. The summed E-state index contributed by atoms with van der Waals surface area (Å²) in [6.07, 6.45) is 0. The standard InChI is InChI=1S/C2H5.CH3O2P.Mg/c1-2;1-4(2)3;/h1H2,2H3;1H2,(H,2,3);/q-1;;+2. The Morgan fingerprint density at radius 3 is 1.57 bits per heavy atom.